The molecule has 0 aliphatic carbocycles. The number of benzene rings is 1. The van der Waals surface area contributed by atoms with E-state index in [1.807, 2.05) is 13.8 Å². The van der Waals surface area contributed by atoms with Crippen molar-refractivity contribution in [2.75, 3.05) is 13.7 Å². The van der Waals surface area contributed by atoms with Crippen LogP contribution in [0.5, 0.6) is 5.75 Å². The molecule has 1 unspecified atom stereocenters. The fraction of sp³-hybridized carbons (Fsp3) is 0.462. The van der Waals surface area contributed by atoms with Gasteiger partial charge in [0.2, 0.25) is 0 Å². The lowest BCUT2D eigenvalue weighted by Gasteiger charge is -2.13. The zero-order chi connectivity index (χ0) is 12.8. The number of hydrogen-bond donors (Lipinski definition) is 1. The lowest BCUT2D eigenvalue weighted by atomic mass is 10.0. The van der Waals surface area contributed by atoms with Crippen molar-refractivity contribution in [1.82, 2.24) is 5.32 Å². The predicted molar refractivity (Wildman–Crippen MR) is 70.1 cm³/mol. The molecule has 17 heavy (non-hydrogen) atoms. The Balaban J connectivity index is 2.93. The molecule has 0 bridgehead atoms. The van der Waals surface area contributed by atoms with Crippen LogP contribution in [0, 0.1) is 0 Å². The maximum atomic E-state index is 12.1. The molecule has 0 spiro atoms. The number of carbonyl (C=O) groups is 1. The lowest BCUT2D eigenvalue weighted by Crippen LogP contribution is -2.33. The second-order valence-electron chi connectivity index (χ2n) is 3.69. The van der Waals surface area contributed by atoms with Gasteiger partial charge in [-0.3, -0.25) is 4.79 Å². The standard InChI is InChI=1S/C13H18ClNO2/c1-4-11(15-3)13(16)9-6-7-12(17-5-2)10(14)8-9/h6-8,11,15H,4-5H2,1-3H3. The molecule has 0 heterocycles. The molecule has 3 nitrogen and oxygen atoms in total. The van der Waals surface area contributed by atoms with Crippen LogP contribution in [0.2, 0.25) is 5.02 Å². The summed E-state index contributed by atoms with van der Waals surface area (Å²) in [6.45, 7) is 4.42. The van der Waals surface area contributed by atoms with E-state index in [0.717, 1.165) is 6.42 Å². The molecule has 1 atom stereocenters. The third-order valence-corrected chi connectivity index (χ3v) is 2.88. The number of ether oxygens (including phenoxy) is 1. The summed E-state index contributed by atoms with van der Waals surface area (Å²) < 4.78 is 5.33. The molecule has 0 aromatic heterocycles. The Kier molecular flexibility index (Phi) is 5.45. The van der Waals surface area contributed by atoms with Gasteiger partial charge in [0, 0.05) is 5.56 Å². The smallest absolute Gasteiger partial charge is 0.179 e. The van der Waals surface area contributed by atoms with Crippen LogP contribution >= 0.6 is 11.6 Å². The molecule has 1 aromatic rings. The first-order chi connectivity index (χ1) is 8.13. The van der Waals surface area contributed by atoms with E-state index in [1.165, 1.54) is 0 Å². The number of nitrogens with one attached hydrogen (secondary N) is 1. The molecule has 0 saturated carbocycles. The number of Topliss-reactive ketones (excluding diaryl/α,β-unsaturated/α-hetero) is 1. The molecule has 0 aliphatic rings. The monoisotopic (exact) mass is 255 g/mol. The molecule has 1 rings (SSSR count). The first-order valence-electron chi connectivity index (χ1n) is 5.77. The molecule has 4 heteroatoms. The Morgan fingerprint density at radius 2 is 2.18 bits per heavy atom. The summed E-state index contributed by atoms with van der Waals surface area (Å²) in [5.41, 5.74) is 0.611. The molecule has 94 valence electrons. The van der Waals surface area contributed by atoms with Crippen molar-refractivity contribution in [3.8, 4) is 5.75 Å². The van der Waals surface area contributed by atoms with Crippen LogP contribution in [-0.2, 0) is 0 Å². The van der Waals surface area contributed by atoms with E-state index in [-0.39, 0.29) is 11.8 Å². The Hall–Kier alpha value is -1.06. The summed E-state index contributed by atoms with van der Waals surface area (Å²) in [7, 11) is 1.78. The number of ketones is 1. The largest absolute Gasteiger partial charge is 0.492 e. The van der Waals surface area contributed by atoms with Crippen LogP contribution in [0.25, 0.3) is 0 Å². The summed E-state index contributed by atoms with van der Waals surface area (Å²) >= 11 is 6.05. The molecule has 0 saturated heterocycles. The minimum Gasteiger partial charge on any atom is -0.492 e. The van der Waals surface area contributed by atoms with E-state index in [9.17, 15) is 4.79 Å². The average molecular weight is 256 g/mol. The SMILES string of the molecule is CCOc1ccc(C(=O)C(CC)NC)cc1Cl. The van der Waals surface area contributed by atoms with Gasteiger partial charge in [0.05, 0.1) is 17.7 Å². The summed E-state index contributed by atoms with van der Waals surface area (Å²) in [4.78, 5) is 12.1. The number of halogens is 1. The van der Waals surface area contributed by atoms with Crippen molar-refractivity contribution < 1.29 is 9.53 Å². The fourth-order valence-corrected chi connectivity index (χ4v) is 1.88. The van der Waals surface area contributed by atoms with Crippen molar-refractivity contribution in [3.63, 3.8) is 0 Å². The molecular formula is C13H18ClNO2. The zero-order valence-corrected chi connectivity index (χ0v) is 11.2. The van der Waals surface area contributed by atoms with Crippen LogP contribution in [0.15, 0.2) is 18.2 Å². The molecule has 0 radical (unpaired) electrons. The van der Waals surface area contributed by atoms with Crippen LogP contribution < -0.4 is 10.1 Å². The minimum atomic E-state index is -0.163. The summed E-state index contributed by atoms with van der Waals surface area (Å²) in [6, 6.07) is 4.99. The number of rotatable bonds is 6. The summed E-state index contributed by atoms with van der Waals surface area (Å²) in [5.74, 6) is 0.670. The van der Waals surface area contributed by atoms with Gasteiger partial charge in [-0.15, -0.1) is 0 Å². The fourth-order valence-electron chi connectivity index (χ4n) is 1.65. The molecular weight excluding hydrogens is 238 g/mol. The maximum Gasteiger partial charge on any atom is 0.179 e. The van der Waals surface area contributed by atoms with Gasteiger partial charge in [-0.1, -0.05) is 18.5 Å². The third kappa shape index (κ3) is 3.45. The Labute approximate surface area is 107 Å². The maximum absolute atomic E-state index is 12.1. The number of carbonyl (C=O) groups excluding carboxylic acids is 1. The van der Waals surface area contributed by atoms with Crippen LogP contribution in [0.4, 0.5) is 0 Å². The molecule has 0 fully saturated rings. The average Bonchev–Trinajstić information content (AvgIpc) is 2.33. The summed E-state index contributed by atoms with van der Waals surface area (Å²) in [5, 5.41) is 3.46. The number of hydrogen-bond acceptors (Lipinski definition) is 3. The van der Waals surface area contributed by atoms with Gasteiger partial charge >= 0.3 is 0 Å². The van der Waals surface area contributed by atoms with Crippen LogP contribution in [0.1, 0.15) is 30.6 Å². The van der Waals surface area contributed by atoms with Gasteiger partial charge in [-0.2, -0.15) is 0 Å². The molecule has 1 N–H and O–H groups in total. The highest BCUT2D eigenvalue weighted by atomic mass is 35.5. The van der Waals surface area contributed by atoms with Crippen molar-refractivity contribution >= 4 is 17.4 Å². The van der Waals surface area contributed by atoms with E-state index >= 15 is 0 Å². The Morgan fingerprint density at radius 3 is 2.65 bits per heavy atom. The van der Waals surface area contributed by atoms with Gasteiger partial charge in [0.25, 0.3) is 0 Å². The van der Waals surface area contributed by atoms with E-state index < -0.39 is 0 Å². The number of likely N-dealkylation sites (N-methyl/N-ethyl adjacent to an activating group) is 1. The van der Waals surface area contributed by atoms with E-state index in [0.29, 0.717) is 22.9 Å². The predicted octanol–water partition coefficient (Wildman–Crippen LogP) is 2.92. The molecule has 0 amide bonds. The third-order valence-electron chi connectivity index (χ3n) is 2.59. The van der Waals surface area contributed by atoms with Crippen molar-refractivity contribution in [3.05, 3.63) is 28.8 Å². The van der Waals surface area contributed by atoms with Crippen molar-refractivity contribution in [1.29, 1.82) is 0 Å². The first-order valence-corrected chi connectivity index (χ1v) is 6.15. The second kappa shape index (κ2) is 6.62. The highest BCUT2D eigenvalue weighted by Gasteiger charge is 2.17. The van der Waals surface area contributed by atoms with Crippen molar-refractivity contribution in [2.24, 2.45) is 0 Å². The van der Waals surface area contributed by atoms with Crippen molar-refractivity contribution in [2.45, 2.75) is 26.3 Å². The van der Waals surface area contributed by atoms with E-state index in [1.54, 1.807) is 25.2 Å². The minimum absolute atomic E-state index is 0.0555. The quantitative estimate of drug-likeness (QED) is 0.795. The van der Waals surface area contributed by atoms with Crippen LogP contribution in [-0.4, -0.2) is 25.5 Å². The van der Waals surface area contributed by atoms with Gasteiger partial charge in [-0.25, -0.2) is 0 Å². The Morgan fingerprint density at radius 1 is 1.47 bits per heavy atom. The Bertz CT molecular complexity index is 389. The zero-order valence-electron chi connectivity index (χ0n) is 10.4. The normalized spacial score (nSPS) is 12.2. The second-order valence-corrected chi connectivity index (χ2v) is 4.10. The van der Waals surface area contributed by atoms with Crippen LogP contribution in [0.3, 0.4) is 0 Å². The first kappa shape index (κ1) is 14.0. The summed E-state index contributed by atoms with van der Waals surface area (Å²) in [6.07, 6.45) is 0.750. The molecule has 0 aliphatic heterocycles. The highest BCUT2D eigenvalue weighted by Crippen LogP contribution is 2.26. The highest BCUT2D eigenvalue weighted by molar-refractivity contribution is 6.32. The van der Waals surface area contributed by atoms with Gasteiger partial charge in [0.15, 0.2) is 5.78 Å². The lowest BCUT2D eigenvalue weighted by molar-refractivity contribution is 0.0945. The topological polar surface area (TPSA) is 38.3 Å². The van der Waals surface area contributed by atoms with E-state index in [2.05, 4.69) is 5.32 Å². The molecule has 1 aromatic carbocycles. The van der Waals surface area contributed by atoms with Gasteiger partial charge in [-0.05, 0) is 38.6 Å². The van der Waals surface area contributed by atoms with Gasteiger partial charge in [0.1, 0.15) is 5.75 Å². The van der Waals surface area contributed by atoms with Gasteiger partial charge < -0.3 is 10.1 Å². The van der Waals surface area contributed by atoms with E-state index in [4.69, 9.17) is 16.3 Å².